The molecule has 0 unspecified atom stereocenters. The number of hydrogen-bond acceptors (Lipinski definition) is 5. The molecule has 1 saturated heterocycles. The molecule has 27 heavy (non-hydrogen) atoms. The molecule has 8 heteroatoms. The average molecular weight is 369 g/mol. The second kappa shape index (κ2) is 6.68. The molecular weight excluding hydrogens is 346 g/mol. The second-order valence-electron chi connectivity index (χ2n) is 7.11. The van der Waals surface area contributed by atoms with Gasteiger partial charge in [-0.3, -0.25) is 14.7 Å². The Balaban J connectivity index is 1.51. The average Bonchev–Trinajstić information content (AvgIpc) is 3.25. The zero-order valence-corrected chi connectivity index (χ0v) is 15.8. The molecule has 3 aromatic rings. The predicted octanol–water partition coefficient (Wildman–Crippen LogP) is 2.21. The number of rotatable bonds is 3. The van der Waals surface area contributed by atoms with Gasteiger partial charge in [0.1, 0.15) is 11.3 Å². The molecule has 8 nitrogen and oxygen atoms in total. The molecule has 1 aliphatic heterocycles. The van der Waals surface area contributed by atoms with E-state index in [4.69, 9.17) is 4.52 Å². The second-order valence-corrected chi connectivity index (χ2v) is 7.11. The van der Waals surface area contributed by atoms with Gasteiger partial charge < -0.3 is 9.42 Å². The van der Waals surface area contributed by atoms with Crippen LogP contribution in [-0.2, 0) is 6.42 Å². The van der Waals surface area contributed by atoms with Crippen molar-refractivity contribution in [1.82, 2.24) is 24.7 Å². The van der Waals surface area contributed by atoms with Crippen molar-refractivity contribution < 1.29 is 9.32 Å². The summed E-state index contributed by atoms with van der Waals surface area (Å²) < 4.78 is 6.62. The predicted molar refractivity (Wildman–Crippen MR) is 99.0 cm³/mol. The Morgan fingerprint density at radius 2 is 2.04 bits per heavy atom. The van der Waals surface area contributed by atoms with Crippen molar-refractivity contribution in [2.45, 2.75) is 46.0 Å². The summed E-state index contributed by atoms with van der Waals surface area (Å²) in [4.78, 5) is 31.3. The van der Waals surface area contributed by atoms with Gasteiger partial charge in [0, 0.05) is 42.5 Å². The minimum Gasteiger partial charge on any atom is -0.361 e. The summed E-state index contributed by atoms with van der Waals surface area (Å²) in [6, 6.07) is 3.52. The number of piperidine rings is 1. The van der Waals surface area contributed by atoms with Crippen LogP contribution in [0.25, 0.3) is 5.65 Å². The summed E-state index contributed by atoms with van der Waals surface area (Å²) in [5.41, 5.74) is 3.56. The van der Waals surface area contributed by atoms with Crippen molar-refractivity contribution in [2.75, 3.05) is 13.1 Å². The lowest BCUT2D eigenvalue weighted by Gasteiger charge is -2.31. The van der Waals surface area contributed by atoms with Gasteiger partial charge in [-0.15, -0.1) is 0 Å². The summed E-state index contributed by atoms with van der Waals surface area (Å²) in [6.07, 6.45) is 2.39. The number of hydrogen-bond donors (Lipinski definition) is 1. The van der Waals surface area contributed by atoms with E-state index in [-0.39, 0.29) is 17.4 Å². The van der Waals surface area contributed by atoms with Crippen molar-refractivity contribution in [3.05, 3.63) is 50.9 Å². The zero-order valence-electron chi connectivity index (χ0n) is 15.8. The molecule has 4 rings (SSSR count). The number of aromatic amines is 1. The van der Waals surface area contributed by atoms with Crippen LogP contribution in [0.3, 0.4) is 0 Å². The van der Waals surface area contributed by atoms with Crippen molar-refractivity contribution in [2.24, 2.45) is 0 Å². The van der Waals surface area contributed by atoms with Gasteiger partial charge in [0.05, 0.1) is 5.69 Å². The summed E-state index contributed by atoms with van der Waals surface area (Å²) in [7, 11) is 0. The number of aromatic nitrogens is 4. The summed E-state index contributed by atoms with van der Waals surface area (Å²) in [5.74, 6) is 0.809. The van der Waals surface area contributed by atoms with Gasteiger partial charge in [-0.25, -0.2) is 9.50 Å². The van der Waals surface area contributed by atoms with E-state index in [9.17, 15) is 9.59 Å². The molecule has 0 radical (unpaired) electrons. The van der Waals surface area contributed by atoms with Crippen LogP contribution in [0.15, 0.2) is 21.5 Å². The Morgan fingerprint density at radius 1 is 1.30 bits per heavy atom. The molecule has 0 atom stereocenters. The van der Waals surface area contributed by atoms with Crippen LogP contribution in [0.2, 0.25) is 0 Å². The summed E-state index contributed by atoms with van der Waals surface area (Å²) >= 11 is 0. The molecule has 142 valence electrons. The van der Waals surface area contributed by atoms with Gasteiger partial charge in [-0.1, -0.05) is 12.1 Å². The normalized spacial score (nSPS) is 15.6. The molecule has 1 N–H and O–H groups in total. The third kappa shape index (κ3) is 3.05. The number of aryl methyl sites for hydroxylation is 3. The van der Waals surface area contributed by atoms with Crippen LogP contribution in [0.4, 0.5) is 0 Å². The van der Waals surface area contributed by atoms with E-state index in [1.165, 1.54) is 4.52 Å². The van der Waals surface area contributed by atoms with Crippen LogP contribution in [-0.4, -0.2) is 43.7 Å². The molecule has 0 aliphatic carbocycles. The van der Waals surface area contributed by atoms with E-state index in [0.29, 0.717) is 35.8 Å². The first-order chi connectivity index (χ1) is 13.0. The standard InChI is InChI=1S/C19H23N5O3/c1-4-14-9-17(25)24-16(20-14)10-15(21-24)13-5-7-23(8-6-13)19(26)18-11(2)22-27-12(18)3/h9-10,13,21H,4-8H2,1-3H3. The monoisotopic (exact) mass is 369 g/mol. The number of nitrogens with one attached hydrogen (secondary N) is 1. The number of nitrogens with zero attached hydrogens (tertiary/aromatic N) is 4. The highest BCUT2D eigenvalue weighted by Gasteiger charge is 2.29. The van der Waals surface area contributed by atoms with E-state index in [2.05, 4.69) is 15.2 Å². The highest BCUT2D eigenvalue weighted by atomic mass is 16.5. The Hall–Kier alpha value is -2.90. The molecule has 4 heterocycles. The van der Waals surface area contributed by atoms with E-state index in [0.717, 1.165) is 30.7 Å². The van der Waals surface area contributed by atoms with E-state index >= 15 is 0 Å². The molecule has 0 saturated carbocycles. The minimum absolute atomic E-state index is 0.0215. The smallest absolute Gasteiger partial charge is 0.272 e. The number of carbonyl (C=O) groups is 1. The molecular formula is C19H23N5O3. The van der Waals surface area contributed by atoms with Crippen LogP contribution in [0.5, 0.6) is 0 Å². The highest BCUT2D eigenvalue weighted by molar-refractivity contribution is 5.96. The molecule has 1 aliphatic rings. The lowest BCUT2D eigenvalue weighted by atomic mass is 9.93. The van der Waals surface area contributed by atoms with Crippen LogP contribution in [0.1, 0.15) is 58.9 Å². The van der Waals surface area contributed by atoms with Crippen molar-refractivity contribution in [3.63, 3.8) is 0 Å². The third-order valence-corrected chi connectivity index (χ3v) is 5.35. The van der Waals surface area contributed by atoms with Gasteiger partial charge in [-0.2, -0.15) is 0 Å². The first kappa shape index (κ1) is 17.5. The fourth-order valence-electron chi connectivity index (χ4n) is 3.79. The van der Waals surface area contributed by atoms with Crippen LogP contribution < -0.4 is 5.56 Å². The quantitative estimate of drug-likeness (QED) is 0.763. The Labute approximate surface area is 156 Å². The minimum atomic E-state index is -0.0888. The topological polar surface area (TPSA) is 96.5 Å². The maximum Gasteiger partial charge on any atom is 0.272 e. The molecule has 1 fully saturated rings. The van der Waals surface area contributed by atoms with E-state index in [1.54, 1.807) is 19.9 Å². The van der Waals surface area contributed by atoms with Crippen molar-refractivity contribution >= 4 is 11.6 Å². The fourth-order valence-corrected chi connectivity index (χ4v) is 3.79. The number of likely N-dealkylation sites (tertiary alicyclic amines) is 1. The first-order valence-corrected chi connectivity index (χ1v) is 9.31. The Kier molecular flexibility index (Phi) is 4.33. The van der Waals surface area contributed by atoms with Gasteiger partial charge in [-0.05, 0) is 33.1 Å². The maximum atomic E-state index is 12.8. The number of carbonyl (C=O) groups excluding carboxylic acids is 1. The maximum absolute atomic E-state index is 12.8. The van der Waals surface area contributed by atoms with Gasteiger partial charge in [0.15, 0.2) is 5.65 Å². The molecule has 1 amide bonds. The highest BCUT2D eigenvalue weighted by Crippen LogP contribution is 2.29. The first-order valence-electron chi connectivity index (χ1n) is 9.31. The molecule has 0 bridgehead atoms. The van der Waals surface area contributed by atoms with Gasteiger partial charge >= 0.3 is 0 Å². The van der Waals surface area contributed by atoms with Gasteiger partial charge in [0.2, 0.25) is 0 Å². The van der Waals surface area contributed by atoms with E-state index in [1.807, 2.05) is 17.9 Å². The lowest BCUT2D eigenvalue weighted by molar-refractivity contribution is 0.0709. The van der Waals surface area contributed by atoms with E-state index < -0.39 is 0 Å². The fraction of sp³-hybridized carbons (Fsp3) is 0.474. The SMILES string of the molecule is CCc1cc(=O)n2[nH]c(C3CCN(C(=O)c4c(C)noc4C)CC3)cc2n1. The number of fused-ring (bicyclic) bond motifs is 1. The third-order valence-electron chi connectivity index (χ3n) is 5.35. The molecule has 3 aromatic heterocycles. The summed E-state index contributed by atoms with van der Waals surface area (Å²) in [6.45, 7) is 6.85. The Bertz CT molecular complexity index is 1030. The van der Waals surface area contributed by atoms with Crippen LogP contribution in [0, 0.1) is 13.8 Å². The van der Waals surface area contributed by atoms with Crippen molar-refractivity contribution in [1.29, 1.82) is 0 Å². The summed E-state index contributed by atoms with van der Waals surface area (Å²) in [5, 5.41) is 7.06. The van der Waals surface area contributed by atoms with Crippen LogP contribution >= 0.6 is 0 Å². The zero-order chi connectivity index (χ0) is 19.1. The number of amides is 1. The largest absolute Gasteiger partial charge is 0.361 e. The Morgan fingerprint density at radius 3 is 2.67 bits per heavy atom. The molecule has 0 spiro atoms. The number of H-pyrrole nitrogens is 1. The molecule has 0 aromatic carbocycles. The van der Waals surface area contributed by atoms with Crippen molar-refractivity contribution in [3.8, 4) is 0 Å². The van der Waals surface area contributed by atoms with Gasteiger partial charge in [0.25, 0.3) is 11.5 Å². The lowest BCUT2D eigenvalue weighted by Crippen LogP contribution is -2.38.